The number of ether oxygens (including phenoxy) is 3. The summed E-state index contributed by atoms with van der Waals surface area (Å²) in [5.41, 5.74) is -0.0796. The monoisotopic (exact) mass is 338 g/mol. The van der Waals surface area contributed by atoms with Gasteiger partial charge in [0.05, 0.1) is 12.2 Å². The molecular weight excluding hydrogens is 322 g/mol. The molecule has 0 amide bonds. The third-order valence-corrected chi connectivity index (χ3v) is 2.94. The molecule has 1 N–H and O–H groups in total. The van der Waals surface area contributed by atoms with E-state index in [4.69, 9.17) is 19.3 Å². The number of benzene rings is 2. The van der Waals surface area contributed by atoms with Gasteiger partial charge in [0.25, 0.3) is 0 Å². The highest BCUT2D eigenvalue weighted by molar-refractivity contribution is 5.88. The average molecular weight is 338 g/mol. The van der Waals surface area contributed by atoms with Gasteiger partial charge < -0.3 is 19.3 Å². The molecule has 0 aliphatic carbocycles. The molecule has 7 heteroatoms. The molecule has 0 saturated heterocycles. The lowest BCUT2D eigenvalue weighted by atomic mass is 10.2. The number of hydrogen-bond donors (Lipinski definition) is 1. The summed E-state index contributed by atoms with van der Waals surface area (Å²) < 4.78 is 42.3. The lowest BCUT2D eigenvalue weighted by molar-refractivity contribution is 0.0693. The van der Waals surface area contributed by atoms with Crippen molar-refractivity contribution in [3.8, 4) is 17.2 Å². The third kappa shape index (κ3) is 4.92. The van der Waals surface area contributed by atoms with Gasteiger partial charge in [-0.25, -0.2) is 13.6 Å². The molecule has 0 bridgehead atoms. The van der Waals surface area contributed by atoms with Gasteiger partial charge in [0.15, 0.2) is 0 Å². The quantitative estimate of drug-likeness (QED) is 0.830. The minimum atomic E-state index is -1.19. The maximum Gasteiger partial charge on any atom is 0.335 e. The van der Waals surface area contributed by atoms with Crippen LogP contribution in [0.1, 0.15) is 17.3 Å². The van der Waals surface area contributed by atoms with Crippen LogP contribution in [0.4, 0.5) is 8.78 Å². The number of carboxylic acid groups (broad SMARTS) is 1. The summed E-state index contributed by atoms with van der Waals surface area (Å²) >= 11 is 0. The Bertz CT molecular complexity index is 713. The summed E-state index contributed by atoms with van der Waals surface area (Å²) in [6, 6.07) is 6.69. The largest absolute Gasteiger partial charge is 0.488 e. The third-order valence-electron chi connectivity index (χ3n) is 2.94. The zero-order valence-corrected chi connectivity index (χ0v) is 13.1. The summed E-state index contributed by atoms with van der Waals surface area (Å²) in [6.45, 7) is 2.06. The van der Waals surface area contributed by atoms with Crippen molar-refractivity contribution in [2.24, 2.45) is 0 Å². The van der Waals surface area contributed by atoms with Crippen LogP contribution < -0.4 is 9.47 Å². The van der Waals surface area contributed by atoms with E-state index >= 15 is 0 Å². The van der Waals surface area contributed by atoms with E-state index in [0.717, 1.165) is 12.1 Å². The second-order valence-electron chi connectivity index (χ2n) is 5.09. The van der Waals surface area contributed by atoms with Gasteiger partial charge in [0.2, 0.25) is 0 Å². The van der Waals surface area contributed by atoms with Crippen molar-refractivity contribution in [3.63, 3.8) is 0 Å². The molecule has 1 atom stereocenters. The summed E-state index contributed by atoms with van der Waals surface area (Å²) in [6.07, 6.45) is -0.321. The summed E-state index contributed by atoms with van der Waals surface area (Å²) in [5, 5.41) is 9.17. The van der Waals surface area contributed by atoms with Crippen LogP contribution in [0.2, 0.25) is 0 Å². The van der Waals surface area contributed by atoms with Crippen molar-refractivity contribution in [3.05, 3.63) is 53.6 Å². The number of carboxylic acids is 1. The van der Waals surface area contributed by atoms with Crippen molar-refractivity contribution in [1.82, 2.24) is 0 Å². The molecular formula is C17H16F2O5. The molecule has 0 saturated carbocycles. The number of carbonyl (C=O) groups is 1. The number of halogens is 2. The Balaban J connectivity index is 2.30. The Morgan fingerprint density at radius 2 is 1.62 bits per heavy atom. The fourth-order valence-corrected chi connectivity index (χ4v) is 2.05. The fourth-order valence-electron chi connectivity index (χ4n) is 2.05. The van der Waals surface area contributed by atoms with E-state index < -0.39 is 17.6 Å². The molecule has 0 spiro atoms. The van der Waals surface area contributed by atoms with E-state index in [1.807, 2.05) is 0 Å². The van der Waals surface area contributed by atoms with E-state index in [1.54, 1.807) is 6.92 Å². The van der Waals surface area contributed by atoms with E-state index in [2.05, 4.69) is 0 Å². The lowest BCUT2D eigenvalue weighted by Gasteiger charge is -2.15. The molecule has 2 aromatic rings. The van der Waals surface area contributed by atoms with E-state index in [1.165, 1.54) is 25.3 Å². The van der Waals surface area contributed by atoms with Crippen molar-refractivity contribution >= 4 is 5.97 Å². The molecule has 0 aromatic heterocycles. The molecule has 128 valence electrons. The second-order valence-corrected chi connectivity index (χ2v) is 5.09. The van der Waals surface area contributed by atoms with Crippen LogP contribution in [0, 0.1) is 11.6 Å². The molecule has 0 fully saturated rings. The maximum absolute atomic E-state index is 13.2. The summed E-state index contributed by atoms with van der Waals surface area (Å²) in [5.74, 6) is -2.55. The molecule has 0 radical (unpaired) electrons. The maximum atomic E-state index is 13.2. The molecule has 0 aliphatic rings. The standard InChI is InChI=1S/C17H16F2O5/c1-10(9-22-2)23-14-3-11(17(20)21)4-15(8-14)24-16-6-12(18)5-13(19)7-16/h3-8,10H,9H2,1-2H3,(H,20,21). The summed E-state index contributed by atoms with van der Waals surface area (Å²) in [4.78, 5) is 11.2. The van der Waals surface area contributed by atoms with E-state index in [9.17, 15) is 13.6 Å². The minimum Gasteiger partial charge on any atom is -0.488 e. The fraction of sp³-hybridized carbons (Fsp3) is 0.235. The number of hydrogen-bond acceptors (Lipinski definition) is 4. The Labute approximate surface area is 137 Å². The zero-order chi connectivity index (χ0) is 17.7. The Morgan fingerprint density at radius 1 is 1.04 bits per heavy atom. The minimum absolute atomic E-state index is 0.0796. The number of methoxy groups -OCH3 is 1. The average Bonchev–Trinajstić information content (AvgIpc) is 2.45. The number of rotatable bonds is 7. The van der Waals surface area contributed by atoms with Crippen molar-refractivity contribution < 1.29 is 32.9 Å². The zero-order valence-electron chi connectivity index (χ0n) is 13.1. The van der Waals surface area contributed by atoms with Crippen LogP contribution >= 0.6 is 0 Å². The van der Waals surface area contributed by atoms with Gasteiger partial charge >= 0.3 is 5.97 Å². The highest BCUT2D eigenvalue weighted by Gasteiger charge is 2.12. The van der Waals surface area contributed by atoms with Crippen LogP contribution in [-0.4, -0.2) is 30.9 Å². The smallest absolute Gasteiger partial charge is 0.335 e. The van der Waals surface area contributed by atoms with Gasteiger partial charge in [-0.1, -0.05) is 0 Å². The van der Waals surface area contributed by atoms with Crippen LogP contribution in [-0.2, 0) is 4.74 Å². The first kappa shape index (κ1) is 17.7. The van der Waals surface area contributed by atoms with E-state index in [0.29, 0.717) is 12.7 Å². The topological polar surface area (TPSA) is 65.0 Å². The molecule has 1 unspecified atom stereocenters. The van der Waals surface area contributed by atoms with Crippen molar-refractivity contribution in [2.75, 3.05) is 13.7 Å². The molecule has 24 heavy (non-hydrogen) atoms. The van der Waals surface area contributed by atoms with E-state index in [-0.39, 0.29) is 28.9 Å². The van der Waals surface area contributed by atoms with Gasteiger partial charge in [-0.15, -0.1) is 0 Å². The van der Waals surface area contributed by atoms with Crippen LogP contribution in [0.25, 0.3) is 0 Å². The van der Waals surface area contributed by atoms with Crippen LogP contribution in [0.5, 0.6) is 17.2 Å². The van der Waals surface area contributed by atoms with Gasteiger partial charge in [-0.3, -0.25) is 0 Å². The van der Waals surface area contributed by atoms with Gasteiger partial charge in [-0.05, 0) is 19.1 Å². The second kappa shape index (κ2) is 7.74. The molecule has 0 aliphatic heterocycles. The van der Waals surface area contributed by atoms with Gasteiger partial charge in [0.1, 0.15) is 35.0 Å². The highest BCUT2D eigenvalue weighted by Crippen LogP contribution is 2.29. The van der Waals surface area contributed by atoms with Gasteiger partial charge in [0, 0.05) is 31.4 Å². The Kier molecular flexibility index (Phi) is 5.70. The first-order chi connectivity index (χ1) is 11.4. The van der Waals surface area contributed by atoms with Crippen LogP contribution in [0.15, 0.2) is 36.4 Å². The number of aromatic carboxylic acids is 1. The molecule has 2 aromatic carbocycles. The first-order valence-electron chi connectivity index (χ1n) is 7.05. The Hall–Kier alpha value is -2.67. The predicted molar refractivity (Wildman–Crippen MR) is 81.8 cm³/mol. The summed E-state index contributed by atoms with van der Waals surface area (Å²) in [7, 11) is 1.51. The predicted octanol–water partition coefficient (Wildman–Crippen LogP) is 3.87. The van der Waals surface area contributed by atoms with Crippen molar-refractivity contribution in [1.29, 1.82) is 0 Å². The lowest BCUT2D eigenvalue weighted by Crippen LogP contribution is -2.18. The first-order valence-corrected chi connectivity index (χ1v) is 7.05. The van der Waals surface area contributed by atoms with Crippen LogP contribution in [0.3, 0.4) is 0 Å². The normalized spacial score (nSPS) is 11.8. The van der Waals surface area contributed by atoms with Crippen molar-refractivity contribution in [2.45, 2.75) is 13.0 Å². The molecule has 0 heterocycles. The highest BCUT2D eigenvalue weighted by atomic mass is 19.1. The van der Waals surface area contributed by atoms with Gasteiger partial charge in [-0.2, -0.15) is 0 Å². The Morgan fingerprint density at radius 3 is 2.21 bits per heavy atom. The molecule has 5 nitrogen and oxygen atoms in total. The molecule has 2 rings (SSSR count). The SMILES string of the molecule is COCC(C)Oc1cc(Oc2cc(F)cc(F)c2)cc(C(=O)O)c1.